The lowest BCUT2D eigenvalue weighted by Crippen LogP contribution is -2.45. The third-order valence-corrected chi connectivity index (χ3v) is 5.04. The molecule has 6 nitrogen and oxygen atoms in total. The molecule has 0 radical (unpaired) electrons. The van der Waals surface area contributed by atoms with Gasteiger partial charge in [0, 0.05) is 25.0 Å². The van der Waals surface area contributed by atoms with Crippen LogP contribution in [-0.2, 0) is 4.79 Å². The molecule has 2 rings (SSSR count). The Morgan fingerprint density at radius 1 is 1.04 bits per heavy atom. The van der Waals surface area contributed by atoms with Crippen molar-refractivity contribution in [2.24, 2.45) is 10.9 Å². The van der Waals surface area contributed by atoms with Crippen LogP contribution in [0.15, 0.2) is 4.99 Å². The van der Waals surface area contributed by atoms with E-state index in [0.717, 1.165) is 51.0 Å². The highest BCUT2D eigenvalue weighted by molar-refractivity contribution is 5.80. The summed E-state index contributed by atoms with van der Waals surface area (Å²) in [5.41, 5.74) is 0. The van der Waals surface area contributed by atoms with Crippen molar-refractivity contribution in [2.75, 3.05) is 19.6 Å². The fourth-order valence-electron chi connectivity index (χ4n) is 3.59. The van der Waals surface area contributed by atoms with Crippen LogP contribution in [0, 0.1) is 5.92 Å². The first-order valence-electron chi connectivity index (χ1n) is 9.69. The van der Waals surface area contributed by atoms with Gasteiger partial charge in [0.05, 0.1) is 12.6 Å². The maximum Gasteiger partial charge on any atom is 0.223 e. The van der Waals surface area contributed by atoms with Crippen LogP contribution < -0.4 is 16.0 Å². The number of rotatable bonds is 6. The summed E-state index contributed by atoms with van der Waals surface area (Å²) in [7, 11) is 0. The lowest BCUT2D eigenvalue weighted by atomic mass is 9.89. The van der Waals surface area contributed by atoms with Crippen molar-refractivity contribution in [1.29, 1.82) is 0 Å². The van der Waals surface area contributed by atoms with Crippen molar-refractivity contribution in [3.05, 3.63) is 0 Å². The van der Waals surface area contributed by atoms with Crippen molar-refractivity contribution in [3.8, 4) is 0 Å². The van der Waals surface area contributed by atoms with Gasteiger partial charge in [-0.2, -0.15) is 0 Å². The molecule has 0 saturated heterocycles. The Bertz CT molecular complexity index is 400. The van der Waals surface area contributed by atoms with Crippen molar-refractivity contribution < 1.29 is 9.90 Å². The summed E-state index contributed by atoms with van der Waals surface area (Å²) in [4.78, 5) is 16.7. The lowest BCUT2D eigenvalue weighted by Gasteiger charge is -2.27. The molecule has 0 spiro atoms. The molecular formula is C18H34N4O2. The van der Waals surface area contributed by atoms with E-state index < -0.39 is 0 Å². The first-order valence-corrected chi connectivity index (χ1v) is 9.69. The summed E-state index contributed by atoms with van der Waals surface area (Å²) in [6.45, 7) is 4.04. The van der Waals surface area contributed by atoms with E-state index in [1.165, 1.54) is 19.3 Å². The molecule has 1 amide bonds. The van der Waals surface area contributed by atoms with E-state index in [2.05, 4.69) is 20.9 Å². The lowest BCUT2D eigenvalue weighted by molar-refractivity contribution is -0.125. The van der Waals surface area contributed by atoms with Gasteiger partial charge in [-0.3, -0.25) is 9.79 Å². The molecule has 0 unspecified atom stereocenters. The van der Waals surface area contributed by atoms with Crippen LogP contribution in [0.4, 0.5) is 0 Å². The van der Waals surface area contributed by atoms with E-state index >= 15 is 0 Å². The quantitative estimate of drug-likeness (QED) is 0.336. The standard InChI is InChI=1S/C18H34N4O2/c1-2-19-18(22-15-8-10-16(23)11-9-15)21-13-12-20-17(24)14-6-4-3-5-7-14/h14-16,23H,2-13H2,1H3,(H,20,24)(H2,19,21,22). The van der Waals surface area contributed by atoms with Crippen LogP contribution in [-0.4, -0.2) is 48.8 Å². The van der Waals surface area contributed by atoms with Crippen LogP contribution in [0.2, 0.25) is 0 Å². The van der Waals surface area contributed by atoms with Crippen LogP contribution in [0.5, 0.6) is 0 Å². The molecule has 2 aliphatic rings. The van der Waals surface area contributed by atoms with Gasteiger partial charge in [0.15, 0.2) is 5.96 Å². The van der Waals surface area contributed by atoms with Crippen molar-refractivity contribution >= 4 is 11.9 Å². The molecule has 0 atom stereocenters. The minimum absolute atomic E-state index is 0.141. The topological polar surface area (TPSA) is 85.8 Å². The Hall–Kier alpha value is -1.30. The summed E-state index contributed by atoms with van der Waals surface area (Å²) in [6, 6.07) is 0.378. The zero-order valence-electron chi connectivity index (χ0n) is 15.0. The number of nitrogens with one attached hydrogen (secondary N) is 3. The Morgan fingerprint density at radius 3 is 2.42 bits per heavy atom. The van der Waals surface area contributed by atoms with Crippen LogP contribution in [0.3, 0.4) is 0 Å². The van der Waals surface area contributed by atoms with Crippen LogP contribution in [0.25, 0.3) is 0 Å². The van der Waals surface area contributed by atoms with Gasteiger partial charge in [0.1, 0.15) is 0 Å². The number of hydrogen-bond acceptors (Lipinski definition) is 3. The second-order valence-corrected chi connectivity index (χ2v) is 7.04. The largest absolute Gasteiger partial charge is 0.393 e. The second kappa shape index (κ2) is 10.5. The van der Waals surface area contributed by atoms with Gasteiger partial charge < -0.3 is 21.1 Å². The Balaban J connectivity index is 1.69. The summed E-state index contributed by atoms with van der Waals surface area (Å²) in [6.07, 6.45) is 9.22. The molecule has 138 valence electrons. The molecule has 2 fully saturated rings. The Labute approximate surface area is 145 Å². The predicted molar refractivity (Wildman–Crippen MR) is 97.0 cm³/mol. The second-order valence-electron chi connectivity index (χ2n) is 7.04. The number of aliphatic hydroxyl groups excluding tert-OH is 1. The Kier molecular flexibility index (Phi) is 8.36. The third-order valence-electron chi connectivity index (χ3n) is 5.04. The van der Waals surface area contributed by atoms with Crippen molar-refractivity contribution in [2.45, 2.75) is 76.9 Å². The maximum absolute atomic E-state index is 12.1. The molecule has 6 heteroatoms. The highest BCUT2D eigenvalue weighted by atomic mass is 16.3. The summed E-state index contributed by atoms with van der Waals surface area (Å²) >= 11 is 0. The highest BCUT2D eigenvalue weighted by Crippen LogP contribution is 2.23. The first kappa shape index (κ1) is 19.0. The zero-order valence-corrected chi connectivity index (χ0v) is 15.0. The van der Waals surface area contributed by atoms with E-state index in [-0.39, 0.29) is 17.9 Å². The summed E-state index contributed by atoms with van der Waals surface area (Å²) in [5, 5.41) is 19.3. The van der Waals surface area contributed by atoms with Gasteiger partial charge in [-0.15, -0.1) is 0 Å². The maximum atomic E-state index is 12.1. The fourth-order valence-corrected chi connectivity index (χ4v) is 3.59. The van der Waals surface area contributed by atoms with Crippen molar-refractivity contribution in [3.63, 3.8) is 0 Å². The number of aliphatic imine (C=N–C) groups is 1. The average Bonchev–Trinajstić information content (AvgIpc) is 2.61. The molecule has 0 aromatic heterocycles. The normalized spacial score (nSPS) is 26.0. The molecule has 0 bridgehead atoms. The van der Waals surface area contributed by atoms with E-state index in [0.29, 0.717) is 19.1 Å². The predicted octanol–water partition coefficient (Wildman–Crippen LogP) is 1.54. The molecule has 4 N–H and O–H groups in total. The van der Waals surface area contributed by atoms with Gasteiger partial charge in [-0.25, -0.2) is 0 Å². The SMILES string of the molecule is CCNC(=NCCNC(=O)C1CCCCC1)NC1CCC(O)CC1. The molecule has 0 heterocycles. The van der Waals surface area contributed by atoms with E-state index in [4.69, 9.17) is 0 Å². The van der Waals surface area contributed by atoms with Gasteiger partial charge in [-0.05, 0) is 45.4 Å². The summed E-state index contributed by atoms with van der Waals surface area (Å²) < 4.78 is 0. The molecule has 24 heavy (non-hydrogen) atoms. The molecule has 0 aliphatic heterocycles. The molecule has 0 aromatic carbocycles. The Morgan fingerprint density at radius 2 is 1.75 bits per heavy atom. The number of nitrogens with zero attached hydrogens (tertiary/aromatic N) is 1. The van der Waals surface area contributed by atoms with Gasteiger partial charge in [0.25, 0.3) is 0 Å². The smallest absolute Gasteiger partial charge is 0.223 e. The molecule has 2 saturated carbocycles. The monoisotopic (exact) mass is 338 g/mol. The summed E-state index contributed by atoms with van der Waals surface area (Å²) in [5.74, 6) is 1.22. The van der Waals surface area contributed by atoms with Crippen molar-refractivity contribution in [1.82, 2.24) is 16.0 Å². The van der Waals surface area contributed by atoms with E-state index in [1.807, 2.05) is 6.92 Å². The van der Waals surface area contributed by atoms with Gasteiger partial charge in [0.2, 0.25) is 5.91 Å². The average molecular weight is 338 g/mol. The fraction of sp³-hybridized carbons (Fsp3) is 0.889. The van der Waals surface area contributed by atoms with E-state index in [9.17, 15) is 9.90 Å². The van der Waals surface area contributed by atoms with Crippen LogP contribution >= 0.6 is 0 Å². The number of carbonyl (C=O) groups is 1. The van der Waals surface area contributed by atoms with E-state index in [1.54, 1.807) is 0 Å². The zero-order chi connectivity index (χ0) is 17.2. The number of hydrogen-bond donors (Lipinski definition) is 4. The first-order chi connectivity index (χ1) is 11.7. The van der Waals surface area contributed by atoms with Gasteiger partial charge >= 0.3 is 0 Å². The number of carbonyl (C=O) groups excluding carboxylic acids is 1. The minimum Gasteiger partial charge on any atom is -0.393 e. The third kappa shape index (κ3) is 6.67. The number of aliphatic hydroxyl groups is 1. The number of amides is 1. The molecular weight excluding hydrogens is 304 g/mol. The van der Waals surface area contributed by atoms with Gasteiger partial charge in [-0.1, -0.05) is 19.3 Å². The highest BCUT2D eigenvalue weighted by Gasteiger charge is 2.21. The molecule has 2 aliphatic carbocycles. The molecule has 0 aromatic rings. The number of guanidine groups is 1. The van der Waals surface area contributed by atoms with Crippen LogP contribution in [0.1, 0.15) is 64.7 Å². The minimum atomic E-state index is -0.141.